The minimum atomic E-state index is 0.416. The van der Waals surface area contributed by atoms with E-state index < -0.39 is 0 Å². The first-order chi connectivity index (χ1) is 7.20. The predicted molar refractivity (Wildman–Crippen MR) is 64.9 cm³/mol. The topological polar surface area (TPSA) is 17.1 Å². The summed E-state index contributed by atoms with van der Waals surface area (Å²) in [6, 6.07) is 0. The van der Waals surface area contributed by atoms with Crippen LogP contribution in [0.1, 0.15) is 71.6 Å². The molecule has 1 aliphatic rings. The summed E-state index contributed by atoms with van der Waals surface area (Å²) in [5, 5.41) is 0. The molecule has 0 unspecified atom stereocenters. The van der Waals surface area contributed by atoms with Gasteiger partial charge < -0.3 is 0 Å². The van der Waals surface area contributed by atoms with Crippen molar-refractivity contribution in [2.24, 2.45) is 11.8 Å². The average molecular weight is 210 g/mol. The Morgan fingerprint density at radius 3 is 2.27 bits per heavy atom. The van der Waals surface area contributed by atoms with Gasteiger partial charge in [-0.05, 0) is 25.2 Å². The Bertz CT molecular complexity index is 176. The minimum Gasteiger partial charge on any atom is -0.299 e. The van der Waals surface area contributed by atoms with Gasteiger partial charge in [0.05, 0.1) is 0 Å². The fourth-order valence-electron chi connectivity index (χ4n) is 2.49. The van der Waals surface area contributed by atoms with E-state index >= 15 is 0 Å². The summed E-state index contributed by atoms with van der Waals surface area (Å²) in [6.45, 7) is 4.46. The summed E-state index contributed by atoms with van der Waals surface area (Å²) < 4.78 is 0. The highest BCUT2D eigenvalue weighted by molar-refractivity contribution is 5.80. The molecule has 0 aliphatic heterocycles. The highest BCUT2D eigenvalue weighted by atomic mass is 16.1. The summed E-state index contributed by atoms with van der Waals surface area (Å²) in [7, 11) is 0. The third kappa shape index (κ3) is 5.34. The van der Waals surface area contributed by atoms with Gasteiger partial charge in [0.25, 0.3) is 0 Å². The Morgan fingerprint density at radius 2 is 1.73 bits per heavy atom. The number of carbonyl (C=O) groups excluding carboxylic acids is 1. The van der Waals surface area contributed by atoms with E-state index in [1.165, 1.54) is 44.9 Å². The van der Waals surface area contributed by atoms with Gasteiger partial charge in [0, 0.05) is 12.3 Å². The number of hydrogen-bond acceptors (Lipinski definition) is 1. The lowest BCUT2D eigenvalue weighted by Gasteiger charge is -2.12. The number of rotatable bonds is 5. The molecule has 0 atom stereocenters. The van der Waals surface area contributed by atoms with Crippen molar-refractivity contribution in [1.29, 1.82) is 0 Å². The SMILES string of the molecule is CC(C)CCCC(=O)C1CCCCCC1. The van der Waals surface area contributed by atoms with Crippen molar-refractivity contribution >= 4 is 5.78 Å². The van der Waals surface area contributed by atoms with Gasteiger partial charge in [-0.3, -0.25) is 4.79 Å². The Kier molecular flexibility index (Phi) is 5.97. The minimum absolute atomic E-state index is 0.416. The van der Waals surface area contributed by atoms with Crippen LogP contribution < -0.4 is 0 Å². The van der Waals surface area contributed by atoms with Gasteiger partial charge in [-0.2, -0.15) is 0 Å². The van der Waals surface area contributed by atoms with E-state index in [9.17, 15) is 4.79 Å². The maximum absolute atomic E-state index is 11.9. The molecule has 0 amide bonds. The maximum atomic E-state index is 11.9. The first-order valence-corrected chi connectivity index (χ1v) is 6.73. The van der Waals surface area contributed by atoms with E-state index in [1.54, 1.807) is 0 Å². The van der Waals surface area contributed by atoms with Gasteiger partial charge in [0.2, 0.25) is 0 Å². The number of carbonyl (C=O) groups is 1. The largest absolute Gasteiger partial charge is 0.299 e. The van der Waals surface area contributed by atoms with Crippen molar-refractivity contribution in [3.63, 3.8) is 0 Å². The molecular weight excluding hydrogens is 184 g/mol. The lowest BCUT2D eigenvalue weighted by molar-refractivity contribution is -0.123. The van der Waals surface area contributed by atoms with Crippen molar-refractivity contribution in [1.82, 2.24) is 0 Å². The lowest BCUT2D eigenvalue weighted by atomic mass is 9.91. The van der Waals surface area contributed by atoms with Crippen LogP contribution in [-0.4, -0.2) is 5.78 Å². The van der Waals surface area contributed by atoms with Crippen LogP contribution in [0.2, 0.25) is 0 Å². The predicted octanol–water partition coefficient (Wildman–Crippen LogP) is 4.35. The summed E-state index contributed by atoms with van der Waals surface area (Å²) in [4.78, 5) is 11.9. The van der Waals surface area contributed by atoms with Crippen LogP contribution in [0, 0.1) is 11.8 Å². The standard InChI is InChI=1S/C14H26O/c1-12(2)8-7-11-14(15)13-9-5-3-4-6-10-13/h12-13H,3-11H2,1-2H3. The summed E-state index contributed by atoms with van der Waals surface area (Å²) in [5.74, 6) is 1.71. The molecule has 0 heterocycles. The van der Waals surface area contributed by atoms with Gasteiger partial charge in [-0.15, -0.1) is 0 Å². The van der Waals surface area contributed by atoms with Gasteiger partial charge >= 0.3 is 0 Å². The van der Waals surface area contributed by atoms with E-state index in [0.717, 1.165) is 18.8 Å². The number of Topliss-reactive ketones (excluding diaryl/α,β-unsaturated/α-hetero) is 1. The van der Waals surface area contributed by atoms with Crippen LogP contribution in [0.3, 0.4) is 0 Å². The first kappa shape index (κ1) is 12.7. The third-order valence-electron chi connectivity index (χ3n) is 3.52. The van der Waals surface area contributed by atoms with Crippen molar-refractivity contribution < 1.29 is 4.79 Å². The normalized spacial score (nSPS) is 19.1. The summed E-state index contributed by atoms with van der Waals surface area (Å²) in [5.41, 5.74) is 0. The lowest BCUT2D eigenvalue weighted by Crippen LogP contribution is -2.13. The summed E-state index contributed by atoms with van der Waals surface area (Å²) in [6.07, 6.45) is 10.7. The Hall–Kier alpha value is -0.330. The highest BCUT2D eigenvalue weighted by Crippen LogP contribution is 2.25. The van der Waals surface area contributed by atoms with E-state index in [4.69, 9.17) is 0 Å². The molecule has 0 N–H and O–H groups in total. The quantitative estimate of drug-likeness (QED) is 0.616. The monoisotopic (exact) mass is 210 g/mol. The molecule has 0 aromatic heterocycles. The molecule has 0 bridgehead atoms. The van der Waals surface area contributed by atoms with Crippen LogP contribution in [0.15, 0.2) is 0 Å². The first-order valence-electron chi connectivity index (χ1n) is 6.73. The van der Waals surface area contributed by atoms with E-state index in [1.807, 2.05) is 0 Å². The molecule has 1 aliphatic carbocycles. The molecule has 0 aromatic rings. The molecule has 0 saturated heterocycles. The molecule has 88 valence electrons. The van der Waals surface area contributed by atoms with Gasteiger partial charge in [-0.1, -0.05) is 46.0 Å². The maximum Gasteiger partial charge on any atom is 0.135 e. The van der Waals surface area contributed by atoms with Crippen LogP contribution in [0.4, 0.5) is 0 Å². The third-order valence-corrected chi connectivity index (χ3v) is 3.52. The molecular formula is C14H26O. The Morgan fingerprint density at radius 1 is 1.13 bits per heavy atom. The molecule has 0 aromatic carbocycles. The second-order valence-corrected chi connectivity index (χ2v) is 5.44. The van der Waals surface area contributed by atoms with Crippen molar-refractivity contribution in [3.05, 3.63) is 0 Å². The molecule has 0 spiro atoms. The molecule has 1 nitrogen and oxygen atoms in total. The molecule has 15 heavy (non-hydrogen) atoms. The van der Waals surface area contributed by atoms with Gasteiger partial charge in [0.15, 0.2) is 0 Å². The van der Waals surface area contributed by atoms with Crippen LogP contribution in [0.5, 0.6) is 0 Å². The second-order valence-electron chi connectivity index (χ2n) is 5.44. The van der Waals surface area contributed by atoms with Crippen LogP contribution in [0.25, 0.3) is 0 Å². The van der Waals surface area contributed by atoms with E-state index in [-0.39, 0.29) is 0 Å². The molecule has 1 saturated carbocycles. The van der Waals surface area contributed by atoms with Crippen molar-refractivity contribution in [2.45, 2.75) is 71.6 Å². The fraction of sp³-hybridized carbons (Fsp3) is 0.929. The Balaban J connectivity index is 2.19. The second kappa shape index (κ2) is 7.03. The average Bonchev–Trinajstić information content (AvgIpc) is 2.44. The van der Waals surface area contributed by atoms with Crippen molar-refractivity contribution in [3.8, 4) is 0 Å². The smallest absolute Gasteiger partial charge is 0.135 e. The molecule has 0 radical (unpaired) electrons. The zero-order valence-electron chi connectivity index (χ0n) is 10.4. The van der Waals surface area contributed by atoms with Crippen LogP contribution >= 0.6 is 0 Å². The van der Waals surface area contributed by atoms with Gasteiger partial charge in [-0.25, -0.2) is 0 Å². The highest BCUT2D eigenvalue weighted by Gasteiger charge is 2.19. The number of hydrogen-bond donors (Lipinski definition) is 0. The Labute approximate surface area is 94.6 Å². The fourth-order valence-corrected chi connectivity index (χ4v) is 2.49. The van der Waals surface area contributed by atoms with Crippen LogP contribution in [-0.2, 0) is 4.79 Å². The van der Waals surface area contributed by atoms with E-state index in [0.29, 0.717) is 11.7 Å². The summed E-state index contributed by atoms with van der Waals surface area (Å²) >= 11 is 0. The number of ketones is 1. The zero-order chi connectivity index (χ0) is 11.1. The van der Waals surface area contributed by atoms with E-state index in [2.05, 4.69) is 13.8 Å². The van der Waals surface area contributed by atoms with Gasteiger partial charge in [0.1, 0.15) is 5.78 Å². The van der Waals surface area contributed by atoms with Crippen molar-refractivity contribution in [2.75, 3.05) is 0 Å². The molecule has 1 rings (SSSR count). The molecule has 1 fully saturated rings. The zero-order valence-corrected chi connectivity index (χ0v) is 10.4. The molecule has 1 heteroatoms.